The minimum Gasteiger partial charge on any atom is -0.192 e. The maximum absolute atomic E-state index is 8.83. The van der Waals surface area contributed by atoms with E-state index in [9.17, 15) is 0 Å². The van der Waals surface area contributed by atoms with E-state index in [1.54, 1.807) is 24.3 Å². The van der Waals surface area contributed by atoms with Crippen molar-refractivity contribution >= 4 is 0 Å². The van der Waals surface area contributed by atoms with Crippen molar-refractivity contribution in [1.82, 2.24) is 0 Å². The summed E-state index contributed by atoms with van der Waals surface area (Å²) in [6.45, 7) is 0. The molecule has 0 heterocycles. The van der Waals surface area contributed by atoms with E-state index < -0.39 is 0 Å². The molecule has 2 rings (SSSR count). The Morgan fingerprint density at radius 3 is 1.52 bits per heavy atom. The number of hydrogen-bond donors (Lipinski definition) is 0. The van der Waals surface area contributed by atoms with Crippen LogP contribution in [0.3, 0.4) is 0 Å². The van der Waals surface area contributed by atoms with Crippen LogP contribution in [0.2, 0.25) is 0 Å². The number of benzene rings is 2. The van der Waals surface area contributed by atoms with Crippen LogP contribution in [0.4, 0.5) is 0 Å². The lowest BCUT2D eigenvalue weighted by atomic mass is 10.1. The number of nitrogens with zero attached hydrogens (tertiary/aromatic N) is 2. The molecular weight excluding hydrogens is 280 g/mol. The van der Waals surface area contributed by atoms with Crippen LogP contribution in [0.1, 0.15) is 41.5 Å². The molecule has 0 unspecified atom stereocenters. The van der Waals surface area contributed by atoms with Crippen molar-refractivity contribution in [3.63, 3.8) is 0 Å². The van der Waals surface area contributed by atoms with Crippen molar-refractivity contribution in [2.45, 2.75) is 19.3 Å². The minimum atomic E-state index is 0.627. The molecule has 0 spiro atoms. The zero-order valence-electron chi connectivity index (χ0n) is 12.6. The Hall–Kier alpha value is -3.46. The molecule has 0 saturated carbocycles. The molecule has 0 amide bonds. The van der Waals surface area contributed by atoms with E-state index in [2.05, 4.69) is 35.8 Å². The average molecular weight is 294 g/mol. The molecule has 2 heteroatoms. The van der Waals surface area contributed by atoms with E-state index >= 15 is 0 Å². The molecule has 0 aliphatic heterocycles. The fourth-order valence-electron chi connectivity index (χ4n) is 1.93. The van der Waals surface area contributed by atoms with Gasteiger partial charge < -0.3 is 0 Å². The Bertz CT molecular complexity index is 812. The molecule has 0 aromatic heterocycles. The second kappa shape index (κ2) is 8.74. The zero-order valence-corrected chi connectivity index (χ0v) is 12.6. The molecule has 2 nitrogen and oxygen atoms in total. The van der Waals surface area contributed by atoms with E-state index in [4.69, 9.17) is 10.5 Å². The zero-order chi connectivity index (χ0) is 16.3. The van der Waals surface area contributed by atoms with Gasteiger partial charge in [0.2, 0.25) is 0 Å². The molecule has 0 bridgehead atoms. The van der Waals surface area contributed by atoms with E-state index in [0.717, 1.165) is 30.4 Å². The van der Waals surface area contributed by atoms with Gasteiger partial charge in [-0.05, 0) is 42.8 Å². The van der Waals surface area contributed by atoms with Crippen molar-refractivity contribution in [2.75, 3.05) is 0 Å². The number of nitriles is 2. The highest BCUT2D eigenvalue weighted by Gasteiger charge is 1.91. The summed E-state index contributed by atoms with van der Waals surface area (Å²) < 4.78 is 0. The van der Waals surface area contributed by atoms with Crippen LogP contribution in [0.15, 0.2) is 48.5 Å². The van der Waals surface area contributed by atoms with Crippen LogP contribution in [0.25, 0.3) is 0 Å². The highest BCUT2D eigenvalue weighted by molar-refractivity contribution is 5.42. The molecule has 0 aliphatic rings. The summed E-state index contributed by atoms with van der Waals surface area (Å²) in [5.41, 5.74) is 2.98. The summed E-state index contributed by atoms with van der Waals surface area (Å²) in [6, 6.07) is 18.8. The summed E-state index contributed by atoms with van der Waals surface area (Å²) in [5.74, 6) is 12.3. The van der Waals surface area contributed by atoms with Gasteiger partial charge in [-0.1, -0.05) is 35.8 Å². The first kappa shape index (κ1) is 15.9. The molecule has 0 aliphatic carbocycles. The first-order valence-corrected chi connectivity index (χ1v) is 7.30. The largest absolute Gasteiger partial charge is 0.192 e. The number of rotatable bonds is 2. The predicted molar refractivity (Wildman–Crippen MR) is 89.9 cm³/mol. The van der Waals surface area contributed by atoms with Crippen molar-refractivity contribution in [2.24, 2.45) is 0 Å². The van der Waals surface area contributed by atoms with Crippen molar-refractivity contribution in [1.29, 1.82) is 10.5 Å². The Labute approximate surface area is 137 Å². The van der Waals surface area contributed by atoms with Crippen molar-refractivity contribution in [3.8, 4) is 35.8 Å². The average Bonchev–Trinajstić information content (AvgIpc) is 2.61. The third-order valence-corrected chi connectivity index (χ3v) is 3.05. The highest BCUT2D eigenvalue weighted by atomic mass is 14.2. The van der Waals surface area contributed by atoms with Gasteiger partial charge in [0.15, 0.2) is 0 Å². The van der Waals surface area contributed by atoms with Gasteiger partial charge in [-0.25, -0.2) is 0 Å². The van der Waals surface area contributed by atoms with E-state index in [0.29, 0.717) is 11.1 Å². The standard InChI is InChI=1S/C21H14N2/c22-16-20-12-6-10-18(14-20)8-4-2-1-3-5-9-19-11-7-13-21(15-19)17-23/h6-7,10-15H,1-3H2. The van der Waals surface area contributed by atoms with Crippen LogP contribution in [-0.2, 0) is 0 Å². The smallest absolute Gasteiger partial charge is 0.0992 e. The van der Waals surface area contributed by atoms with Crippen LogP contribution in [-0.4, -0.2) is 0 Å². The second-order valence-corrected chi connectivity index (χ2v) is 4.84. The highest BCUT2D eigenvalue weighted by Crippen LogP contribution is 2.04. The first-order valence-electron chi connectivity index (χ1n) is 7.30. The normalized spacial score (nSPS) is 8.61. The van der Waals surface area contributed by atoms with Gasteiger partial charge in [-0.15, -0.1) is 0 Å². The predicted octanol–water partition coefficient (Wildman–Crippen LogP) is 4.00. The van der Waals surface area contributed by atoms with Crippen LogP contribution in [0, 0.1) is 46.3 Å². The third-order valence-electron chi connectivity index (χ3n) is 3.05. The van der Waals surface area contributed by atoms with Gasteiger partial charge in [0, 0.05) is 24.0 Å². The topological polar surface area (TPSA) is 47.6 Å². The second-order valence-electron chi connectivity index (χ2n) is 4.84. The molecule has 0 radical (unpaired) electrons. The summed E-state index contributed by atoms with van der Waals surface area (Å²) in [5, 5.41) is 17.7. The van der Waals surface area contributed by atoms with Gasteiger partial charge in [0.05, 0.1) is 23.3 Å². The fraction of sp³-hybridized carbons (Fsp3) is 0.143. The third kappa shape index (κ3) is 5.44. The van der Waals surface area contributed by atoms with Gasteiger partial charge >= 0.3 is 0 Å². The van der Waals surface area contributed by atoms with Gasteiger partial charge in [-0.3, -0.25) is 0 Å². The quantitative estimate of drug-likeness (QED) is 0.621. The minimum absolute atomic E-state index is 0.627. The van der Waals surface area contributed by atoms with Gasteiger partial charge in [0.25, 0.3) is 0 Å². The fourth-order valence-corrected chi connectivity index (χ4v) is 1.93. The lowest BCUT2D eigenvalue weighted by Crippen LogP contribution is -1.78. The first-order chi connectivity index (χ1) is 11.3. The molecule has 23 heavy (non-hydrogen) atoms. The Kier molecular flexibility index (Phi) is 6.05. The Morgan fingerprint density at radius 1 is 0.652 bits per heavy atom. The lowest BCUT2D eigenvalue weighted by molar-refractivity contribution is 0.903. The number of unbranched alkanes of at least 4 members (excludes halogenated alkanes) is 2. The summed E-state index contributed by atoms with van der Waals surface area (Å²) in [4.78, 5) is 0. The summed E-state index contributed by atoms with van der Waals surface area (Å²) >= 11 is 0. The molecular formula is C21H14N2. The SMILES string of the molecule is N#Cc1cccc(C#CCCCC#Cc2cccc(C#N)c2)c1. The molecule has 0 N–H and O–H groups in total. The molecule has 0 fully saturated rings. The molecule has 0 atom stereocenters. The Balaban J connectivity index is 1.81. The van der Waals surface area contributed by atoms with Crippen LogP contribution >= 0.6 is 0 Å². The van der Waals surface area contributed by atoms with Gasteiger partial charge in [0.1, 0.15) is 0 Å². The monoisotopic (exact) mass is 294 g/mol. The summed E-state index contributed by atoms with van der Waals surface area (Å²) in [7, 11) is 0. The van der Waals surface area contributed by atoms with Crippen LogP contribution in [0.5, 0.6) is 0 Å². The molecule has 108 valence electrons. The maximum Gasteiger partial charge on any atom is 0.0992 e. The lowest BCUT2D eigenvalue weighted by Gasteiger charge is -1.91. The van der Waals surface area contributed by atoms with E-state index in [-0.39, 0.29) is 0 Å². The van der Waals surface area contributed by atoms with E-state index in [1.165, 1.54) is 0 Å². The maximum atomic E-state index is 8.83. The van der Waals surface area contributed by atoms with Crippen molar-refractivity contribution < 1.29 is 0 Å². The van der Waals surface area contributed by atoms with E-state index in [1.807, 2.05) is 24.3 Å². The van der Waals surface area contributed by atoms with Gasteiger partial charge in [-0.2, -0.15) is 10.5 Å². The molecule has 2 aromatic carbocycles. The van der Waals surface area contributed by atoms with Crippen LogP contribution < -0.4 is 0 Å². The molecule has 2 aromatic rings. The summed E-state index contributed by atoms with van der Waals surface area (Å²) in [6.07, 6.45) is 2.43. The number of hydrogen-bond acceptors (Lipinski definition) is 2. The molecule has 0 saturated heterocycles. The van der Waals surface area contributed by atoms with Crippen molar-refractivity contribution in [3.05, 3.63) is 70.8 Å². The Morgan fingerprint density at radius 2 is 1.09 bits per heavy atom.